The Morgan fingerprint density at radius 3 is 2.62 bits per heavy atom. The first-order chi connectivity index (χ1) is 15.4. The lowest BCUT2D eigenvalue weighted by Crippen LogP contribution is -2.30. The van der Waals surface area contributed by atoms with Crippen LogP contribution in [0, 0.1) is 17.0 Å². The number of pyridine rings is 1. The first-order valence-corrected chi connectivity index (χ1v) is 10.1. The fraction of sp³-hybridized carbons (Fsp3) is 0.0476. The summed E-state index contributed by atoms with van der Waals surface area (Å²) in [6, 6.07) is 13.8. The molecule has 0 aliphatic carbocycles. The van der Waals surface area contributed by atoms with Crippen LogP contribution in [0.3, 0.4) is 0 Å². The van der Waals surface area contributed by atoms with E-state index < -0.39 is 16.5 Å². The highest BCUT2D eigenvalue weighted by molar-refractivity contribution is 9.10. The molecule has 2 heterocycles. The number of anilines is 1. The van der Waals surface area contributed by atoms with E-state index in [2.05, 4.69) is 41.7 Å². The van der Waals surface area contributed by atoms with E-state index >= 15 is 0 Å². The number of ether oxygens (including phenoxy) is 1. The highest BCUT2D eigenvalue weighted by atomic mass is 79.9. The molecule has 0 atom stereocenters. The molecule has 0 aliphatic heterocycles. The van der Waals surface area contributed by atoms with Crippen LogP contribution >= 0.6 is 15.9 Å². The molecule has 0 spiro atoms. The molecule has 0 aliphatic rings. The molecule has 11 heteroatoms. The average molecular weight is 495 g/mol. The Labute approximate surface area is 189 Å². The first kappa shape index (κ1) is 21.1. The predicted molar refractivity (Wildman–Crippen MR) is 120 cm³/mol. The van der Waals surface area contributed by atoms with E-state index in [1.54, 1.807) is 48.7 Å². The number of fused-ring (bicyclic) bond motifs is 1. The Balaban J connectivity index is 1.63. The van der Waals surface area contributed by atoms with Crippen LogP contribution in [0.15, 0.2) is 65.5 Å². The van der Waals surface area contributed by atoms with Gasteiger partial charge in [-0.2, -0.15) is 4.98 Å². The molecule has 4 aromatic rings. The number of nitrogens with one attached hydrogen (secondary N) is 2. The third-order valence-electron chi connectivity index (χ3n) is 4.47. The van der Waals surface area contributed by atoms with Gasteiger partial charge < -0.3 is 4.74 Å². The second-order valence-electron chi connectivity index (χ2n) is 6.63. The van der Waals surface area contributed by atoms with Crippen molar-refractivity contribution in [2.45, 2.75) is 6.92 Å². The van der Waals surface area contributed by atoms with Crippen LogP contribution < -0.4 is 15.6 Å². The molecule has 4 rings (SSSR count). The van der Waals surface area contributed by atoms with Crippen molar-refractivity contribution < 1.29 is 14.5 Å². The molecule has 0 bridgehead atoms. The van der Waals surface area contributed by atoms with Gasteiger partial charge in [-0.05, 0) is 37.3 Å². The number of rotatable bonds is 6. The van der Waals surface area contributed by atoms with Gasteiger partial charge in [-0.15, -0.1) is 0 Å². The number of amides is 1. The van der Waals surface area contributed by atoms with E-state index in [1.807, 2.05) is 13.0 Å². The highest BCUT2D eigenvalue weighted by Gasteiger charge is 2.26. The zero-order valence-electron chi connectivity index (χ0n) is 16.6. The Morgan fingerprint density at radius 2 is 1.88 bits per heavy atom. The van der Waals surface area contributed by atoms with Gasteiger partial charge in [-0.3, -0.25) is 30.7 Å². The third-order valence-corrected chi connectivity index (χ3v) is 5.16. The second-order valence-corrected chi connectivity index (χ2v) is 7.48. The maximum Gasteiger partial charge on any atom is 0.374 e. The van der Waals surface area contributed by atoms with Gasteiger partial charge in [-0.1, -0.05) is 39.7 Å². The number of aryl methyl sites for hydroxylation is 1. The fourth-order valence-electron chi connectivity index (χ4n) is 2.88. The smallest absolute Gasteiger partial charge is 0.374 e. The molecular weight excluding hydrogens is 480 g/mol. The van der Waals surface area contributed by atoms with Crippen molar-refractivity contribution in [3.63, 3.8) is 0 Å². The molecule has 2 aromatic heterocycles. The summed E-state index contributed by atoms with van der Waals surface area (Å²) >= 11 is 3.44. The third kappa shape index (κ3) is 4.32. The van der Waals surface area contributed by atoms with E-state index in [-0.39, 0.29) is 17.4 Å². The summed E-state index contributed by atoms with van der Waals surface area (Å²) in [6.07, 6.45) is 2.68. The van der Waals surface area contributed by atoms with Gasteiger partial charge >= 0.3 is 11.6 Å². The van der Waals surface area contributed by atoms with E-state index in [4.69, 9.17) is 4.74 Å². The normalized spacial score (nSPS) is 10.6. The molecule has 0 saturated heterocycles. The van der Waals surface area contributed by atoms with Crippen molar-refractivity contribution in [1.29, 1.82) is 0 Å². The lowest BCUT2D eigenvalue weighted by Gasteiger charge is -2.11. The van der Waals surface area contributed by atoms with Crippen molar-refractivity contribution in [3.05, 3.63) is 86.8 Å². The summed E-state index contributed by atoms with van der Waals surface area (Å²) in [5.74, 6) is -0.732. The maximum absolute atomic E-state index is 12.3. The molecule has 2 N–H and O–H groups in total. The monoisotopic (exact) mass is 494 g/mol. The number of hydrazine groups is 1. The van der Waals surface area contributed by atoms with Crippen molar-refractivity contribution in [1.82, 2.24) is 20.4 Å². The standard InChI is InChI=1S/C21H15BrN6O4/c1-12-4-6-13(7-5-12)20(29)27-26-19-18(28(30)31)21(25-11-24-19)32-16-9-8-15(22)14-3-2-10-23-17(14)16/h2-11H,1H3,(H,27,29)(H,24,25,26). The van der Waals surface area contributed by atoms with Gasteiger partial charge in [-0.25, -0.2) is 4.98 Å². The maximum atomic E-state index is 12.3. The first-order valence-electron chi connectivity index (χ1n) is 9.27. The SMILES string of the molecule is Cc1ccc(C(=O)NNc2ncnc(Oc3ccc(Br)c4cccnc34)c2[N+](=O)[O-])cc1. The molecular formula is C21H15BrN6O4. The number of carbonyl (C=O) groups excluding carboxylic acids is 1. The molecule has 32 heavy (non-hydrogen) atoms. The molecule has 1 amide bonds. The molecule has 160 valence electrons. The number of carbonyl (C=O) groups is 1. The predicted octanol–water partition coefficient (Wildman–Crippen LogP) is 4.55. The summed E-state index contributed by atoms with van der Waals surface area (Å²) < 4.78 is 6.55. The van der Waals surface area contributed by atoms with Crippen molar-refractivity contribution in [3.8, 4) is 11.6 Å². The summed E-state index contributed by atoms with van der Waals surface area (Å²) in [4.78, 5) is 35.5. The van der Waals surface area contributed by atoms with Crippen molar-refractivity contribution in [2.75, 3.05) is 5.43 Å². The van der Waals surface area contributed by atoms with Crippen LogP contribution in [0.25, 0.3) is 10.9 Å². The largest absolute Gasteiger partial charge is 0.431 e. The number of aromatic nitrogens is 3. The van der Waals surface area contributed by atoms with Crippen LogP contribution in [0.5, 0.6) is 11.6 Å². The number of nitro groups is 1. The summed E-state index contributed by atoms with van der Waals surface area (Å²) in [5.41, 5.74) is 6.22. The summed E-state index contributed by atoms with van der Waals surface area (Å²) in [6.45, 7) is 1.90. The van der Waals surface area contributed by atoms with Gasteiger partial charge in [0.15, 0.2) is 5.75 Å². The van der Waals surface area contributed by atoms with Gasteiger partial charge in [0.05, 0.1) is 4.92 Å². The number of hydrogen-bond acceptors (Lipinski definition) is 8. The van der Waals surface area contributed by atoms with Gasteiger partial charge in [0, 0.05) is 21.6 Å². The van der Waals surface area contributed by atoms with Gasteiger partial charge in [0.1, 0.15) is 11.8 Å². The number of benzene rings is 2. The topological polar surface area (TPSA) is 132 Å². The number of nitrogens with zero attached hydrogens (tertiary/aromatic N) is 4. The Kier molecular flexibility index (Phi) is 5.90. The van der Waals surface area contributed by atoms with Crippen LogP contribution in [0.4, 0.5) is 11.5 Å². The van der Waals surface area contributed by atoms with Gasteiger partial charge in [0.25, 0.3) is 5.91 Å². The van der Waals surface area contributed by atoms with Crippen LogP contribution in [-0.4, -0.2) is 25.8 Å². The minimum Gasteiger partial charge on any atom is -0.431 e. The van der Waals surface area contributed by atoms with E-state index in [1.165, 1.54) is 0 Å². The van der Waals surface area contributed by atoms with Crippen molar-refractivity contribution in [2.24, 2.45) is 0 Å². The van der Waals surface area contributed by atoms with E-state index in [9.17, 15) is 14.9 Å². The van der Waals surface area contributed by atoms with Crippen LogP contribution in [0.2, 0.25) is 0 Å². The highest BCUT2D eigenvalue weighted by Crippen LogP contribution is 2.37. The molecule has 0 saturated carbocycles. The molecule has 0 fully saturated rings. The molecule has 0 radical (unpaired) electrons. The van der Waals surface area contributed by atoms with Crippen molar-refractivity contribution >= 4 is 44.2 Å². The Bertz CT molecular complexity index is 1330. The molecule has 10 nitrogen and oxygen atoms in total. The lowest BCUT2D eigenvalue weighted by atomic mass is 10.1. The second kappa shape index (κ2) is 8.94. The molecule has 2 aromatic carbocycles. The minimum absolute atomic E-state index is 0.227. The Hall–Kier alpha value is -4.12. The summed E-state index contributed by atoms with van der Waals surface area (Å²) in [5, 5.41) is 12.5. The van der Waals surface area contributed by atoms with Crippen LogP contribution in [-0.2, 0) is 0 Å². The van der Waals surface area contributed by atoms with E-state index in [0.717, 1.165) is 21.7 Å². The zero-order chi connectivity index (χ0) is 22.7. The zero-order valence-corrected chi connectivity index (χ0v) is 18.2. The number of halogens is 1. The minimum atomic E-state index is -0.690. The van der Waals surface area contributed by atoms with Gasteiger partial charge in [0.2, 0.25) is 5.82 Å². The fourth-order valence-corrected chi connectivity index (χ4v) is 3.34. The lowest BCUT2D eigenvalue weighted by molar-refractivity contribution is -0.385. The number of hydrogen-bond donors (Lipinski definition) is 2. The van der Waals surface area contributed by atoms with E-state index in [0.29, 0.717) is 11.1 Å². The molecule has 0 unspecified atom stereocenters. The summed E-state index contributed by atoms with van der Waals surface area (Å²) in [7, 11) is 0. The Morgan fingerprint density at radius 1 is 1.09 bits per heavy atom. The average Bonchev–Trinajstić information content (AvgIpc) is 2.80. The quantitative estimate of drug-likeness (QED) is 0.294. The van der Waals surface area contributed by atoms with Crippen LogP contribution in [0.1, 0.15) is 15.9 Å².